The van der Waals surface area contributed by atoms with Crippen molar-refractivity contribution in [1.29, 1.82) is 0 Å². The summed E-state index contributed by atoms with van der Waals surface area (Å²) >= 11 is 0. The van der Waals surface area contributed by atoms with Crippen molar-refractivity contribution in [2.24, 2.45) is 0 Å². The van der Waals surface area contributed by atoms with Crippen LogP contribution in [0, 0.1) is 0 Å². The topological polar surface area (TPSA) is 63.7 Å². The Bertz CT molecular complexity index is 730. The minimum atomic E-state index is -0.298. The number of nitrogens with one attached hydrogen (secondary N) is 1. The van der Waals surface area contributed by atoms with E-state index in [4.69, 9.17) is 9.47 Å². The molecular formula is C17H17N3O3. The molecule has 0 atom stereocenters. The van der Waals surface area contributed by atoms with Gasteiger partial charge in [-0.05, 0) is 42.3 Å². The predicted molar refractivity (Wildman–Crippen MR) is 85.9 cm³/mol. The van der Waals surface area contributed by atoms with Crippen LogP contribution in [0.5, 0.6) is 5.75 Å². The molecule has 0 aliphatic carbocycles. The highest BCUT2D eigenvalue weighted by atomic mass is 16.6. The largest absolute Gasteiger partial charge is 0.487 e. The van der Waals surface area contributed by atoms with Crippen molar-refractivity contribution < 1.29 is 14.3 Å². The number of aromatic nitrogens is 1. The van der Waals surface area contributed by atoms with Gasteiger partial charge in [0.2, 0.25) is 0 Å². The van der Waals surface area contributed by atoms with Crippen LogP contribution in [0.25, 0.3) is 0 Å². The molecule has 2 aliphatic heterocycles. The van der Waals surface area contributed by atoms with E-state index in [9.17, 15) is 4.79 Å². The van der Waals surface area contributed by atoms with Gasteiger partial charge < -0.3 is 14.8 Å². The predicted octanol–water partition coefficient (Wildman–Crippen LogP) is 2.59. The molecule has 0 spiro atoms. The Kier molecular flexibility index (Phi) is 3.49. The molecule has 2 aromatic rings. The molecule has 23 heavy (non-hydrogen) atoms. The first kappa shape index (κ1) is 13.9. The number of nitrogens with zero attached hydrogens (tertiary/aromatic N) is 2. The zero-order chi connectivity index (χ0) is 15.6. The van der Waals surface area contributed by atoms with Gasteiger partial charge in [-0.3, -0.25) is 4.90 Å². The van der Waals surface area contributed by atoms with Crippen LogP contribution in [-0.2, 0) is 17.8 Å². The summed E-state index contributed by atoms with van der Waals surface area (Å²) in [5.74, 6) is 1.71. The van der Waals surface area contributed by atoms with E-state index in [-0.39, 0.29) is 6.09 Å². The summed E-state index contributed by atoms with van der Waals surface area (Å²) in [6, 6.07) is 11.5. The van der Waals surface area contributed by atoms with E-state index in [1.165, 1.54) is 5.56 Å². The number of carbonyl (C=O) groups is 1. The molecule has 1 aromatic carbocycles. The van der Waals surface area contributed by atoms with Gasteiger partial charge in [0, 0.05) is 12.2 Å². The van der Waals surface area contributed by atoms with Crippen molar-refractivity contribution in [2.75, 3.05) is 29.9 Å². The zero-order valence-electron chi connectivity index (χ0n) is 12.6. The molecule has 0 radical (unpaired) electrons. The Morgan fingerprint density at radius 1 is 1.22 bits per heavy atom. The lowest BCUT2D eigenvalue weighted by Crippen LogP contribution is -2.23. The van der Waals surface area contributed by atoms with Crippen molar-refractivity contribution in [3.63, 3.8) is 0 Å². The van der Waals surface area contributed by atoms with Gasteiger partial charge in [-0.15, -0.1) is 0 Å². The fraction of sp³-hybridized carbons (Fsp3) is 0.294. The number of carbonyl (C=O) groups excluding carboxylic acids is 1. The van der Waals surface area contributed by atoms with Gasteiger partial charge in [-0.25, -0.2) is 9.78 Å². The highest BCUT2D eigenvalue weighted by Crippen LogP contribution is 2.23. The maximum absolute atomic E-state index is 11.5. The molecule has 1 N–H and O–H groups in total. The molecule has 1 aromatic heterocycles. The van der Waals surface area contributed by atoms with Gasteiger partial charge in [0.25, 0.3) is 0 Å². The second kappa shape index (κ2) is 5.79. The SMILES string of the molecule is O=C1OCCN1c1ccc(OCc2ccc3c(n2)NCC3)cc1. The van der Waals surface area contributed by atoms with Crippen LogP contribution in [0.15, 0.2) is 36.4 Å². The number of rotatable bonds is 4. The third-order valence-electron chi connectivity index (χ3n) is 4.02. The normalized spacial score (nSPS) is 16.0. The van der Waals surface area contributed by atoms with Crippen LogP contribution in [0.3, 0.4) is 0 Å². The van der Waals surface area contributed by atoms with Crippen molar-refractivity contribution in [1.82, 2.24) is 4.98 Å². The van der Waals surface area contributed by atoms with Gasteiger partial charge in [-0.1, -0.05) is 6.07 Å². The molecule has 0 unspecified atom stereocenters. The van der Waals surface area contributed by atoms with Gasteiger partial charge in [0.05, 0.1) is 12.2 Å². The van der Waals surface area contributed by atoms with Crippen LogP contribution in [-0.4, -0.2) is 30.8 Å². The van der Waals surface area contributed by atoms with Gasteiger partial charge in [0.15, 0.2) is 0 Å². The van der Waals surface area contributed by atoms with E-state index in [2.05, 4.69) is 16.4 Å². The number of ether oxygens (including phenoxy) is 2. The molecule has 1 amide bonds. The summed E-state index contributed by atoms with van der Waals surface area (Å²) < 4.78 is 10.7. The van der Waals surface area contributed by atoms with Crippen LogP contribution < -0.4 is 15.0 Å². The summed E-state index contributed by atoms with van der Waals surface area (Å²) in [5.41, 5.74) is 2.97. The Balaban J connectivity index is 1.40. The summed E-state index contributed by atoms with van der Waals surface area (Å²) in [4.78, 5) is 17.7. The van der Waals surface area contributed by atoms with Crippen LogP contribution >= 0.6 is 0 Å². The van der Waals surface area contributed by atoms with Gasteiger partial charge in [-0.2, -0.15) is 0 Å². The number of hydrogen-bond acceptors (Lipinski definition) is 5. The van der Waals surface area contributed by atoms with E-state index in [1.54, 1.807) is 4.90 Å². The molecule has 118 valence electrons. The maximum atomic E-state index is 11.5. The van der Waals surface area contributed by atoms with Gasteiger partial charge in [0.1, 0.15) is 24.8 Å². The number of pyridine rings is 1. The molecular weight excluding hydrogens is 294 g/mol. The Labute approximate surface area is 134 Å². The smallest absolute Gasteiger partial charge is 0.414 e. The van der Waals surface area contributed by atoms with Gasteiger partial charge >= 0.3 is 6.09 Å². The molecule has 1 fully saturated rings. The van der Waals surface area contributed by atoms with E-state index < -0.39 is 0 Å². The molecule has 6 nitrogen and oxygen atoms in total. The number of cyclic esters (lactones) is 1. The van der Waals surface area contributed by atoms with Crippen molar-refractivity contribution >= 4 is 17.6 Å². The first-order valence-corrected chi connectivity index (χ1v) is 7.69. The quantitative estimate of drug-likeness (QED) is 0.940. The summed E-state index contributed by atoms with van der Waals surface area (Å²) in [5, 5.41) is 3.27. The Morgan fingerprint density at radius 3 is 2.87 bits per heavy atom. The molecule has 4 rings (SSSR count). The number of anilines is 2. The minimum Gasteiger partial charge on any atom is -0.487 e. The van der Waals surface area contributed by atoms with E-state index >= 15 is 0 Å². The van der Waals surface area contributed by atoms with Crippen molar-refractivity contribution in [3.8, 4) is 5.75 Å². The Morgan fingerprint density at radius 2 is 2.09 bits per heavy atom. The maximum Gasteiger partial charge on any atom is 0.414 e. The number of fused-ring (bicyclic) bond motifs is 1. The average molecular weight is 311 g/mol. The highest BCUT2D eigenvalue weighted by Gasteiger charge is 2.23. The van der Waals surface area contributed by atoms with Crippen molar-refractivity contribution in [3.05, 3.63) is 47.7 Å². The van der Waals surface area contributed by atoms with Crippen LogP contribution in [0.2, 0.25) is 0 Å². The molecule has 1 saturated heterocycles. The minimum absolute atomic E-state index is 0.298. The second-order valence-corrected chi connectivity index (χ2v) is 5.54. The number of benzene rings is 1. The second-order valence-electron chi connectivity index (χ2n) is 5.54. The molecule has 0 bridgehead atoms. The lowest BCUT2D eigenvalue weighted by Gasteiger charge is -2.13. The first-order valence-electron chi connectivity index (χ1n) is 7.69. The molecule has 3 heterocycles. The summed E-state index contributed by atoms with van der Waals surface area (Å²) in [7, 11) is 0. The monoisotopic (exact) mass is 311 g/mol. The fourth-order valence-corrected chi connectivity index (χ4v) is 2.79. The third-order valence-corrected chi connectivity index (χ3v) is 4.02. The number of amides is 1. The fourth-order valence-electron chi connectivity index (χ4n) is 2.79. The van der Waals surface area contributed by atoms with E-state index in [1.807, 2.05) is 30.3 Å². The lowest BCUT2D eigenvalue weighted by molar-refractivity contribution is 0.181. The molecule has 0 saturated carbocycles. The molecule has 2 aliphatic rings. The van der Waals surface area contributed by atoms with Crippen molar-refractivity contribution in [2.45, 2.75) is 13.0 Å². The lowest BCUT2D eigenvalue weighted by atomic mass is 10.2. The average Bonchev–Trinajstić information content (AvgIpc) is 3.21. The third kappa shape index (κ3) is 2.79. The first-order chi connectivity index (χ1) is 11.3. The van der Waals surface area contributed by atoms with Crippen LogP contribution in [0.1, 0.15) is 11.3 Å². The summed E-state index contributed by atoms with van der Waals surface area (Å²) in [6.07, 6.45) is 0.734. The highest BCUT2D eigenvalue weighted by molar-refractivity contribution is 5.89. The summed E-state index contributed by atoms with van der Waals surface area (Å²) in [6.45, 7) is 2.40. The van der Waals surface area contributed by atoms with E-state index in [0.29, 0.717) is 19.8 Å². The molecule has 6 heteroatoms. The Hall–Kier alpha value is -2.76. The van der Waals surface area contributed by atoms with E-state index in [0.717, 1.165) is 35.9 Å². The standard InChI is InChI=1S/C17H17N3O3/c21-17-20(9-10-22-17)14-3-5-15(6-4-14)23-11-13-2-1-12-7-8-18-16(12)19-13/h1-6H,7-11H2,(H,18,19). The number of hydrogen-bond donors (Lipinski definition) is 1. The zero-order valence-corrected chi connectivity index (χ0v) is 12.6. The van der Waals surface area contributed by atoms with Crippen LogP contribution in [0.4, 0.5) is 16.3 Å².